The van der Waals surface area contributed by atoms with Gasteiger partial charge >= 0.3 is 0 Å². The number of halogens is 2. The van der Waals surface area contributed by atoms with Gasteiger partial charge in [-0.05, 0) is 59.9 Å². The van der Waals surface area contributed by atoms with Gasteiger partial charge in [0.15, 0.2) is 0 Å². The lowest BCUT2D eigenvalue weighted by molar-refractivity contribution is 0.627. The third-order valence-corrected chi connectivity index (χ3v) is 4.17. The molecule has 0 unspecified atom stereocenters. The number of thiazole rings is 1. The molecule has 96 valence electrons. The summed E-state index contributed by atoms with van der Waals surface area (Å²) in [5.41, 5.74) is 7.29. The van der Waals surface area contributed by atoms with Crippen LogP contribution in [0.1, 0.15) is 17.8 Å². The standard InChI is InChI=1S/C13H14BrFN2S/c14-11-7-9(15)4-5-10(11)12-8-18-13(17-12)3-1-2-6-16/h4-5,7-8H,1-3,6,16H2. The van der Waals surface area contributed by atoms with E-state index in [1.54, 1.807) is 17.4 Å². The Morgan fingerprint density at radius 3 is 2.89 bits per heavy atom. The van der Waals surface area contributed by atoms with E-state index in [-0.39, 0.29) is 5.82 Å². The second-order valence-corrected chi connectivity index (χ2v) is 5.79. The predicted octanol–water partition coefficient (Wildman–Crippen LogP) is 3.99. The summed E-state index contributed by atoms with van der Waals surface area (Å²) in [6.07, 6.45) is 3.05. The van der Waals surface area contributed by atoms with Crippen molar-refractivity contribution < 1.29 is 4.39 Å². The fraction of sp³-hybridized carbons (Fsp3) is 0.308. The third kappa shape index (κ3) is 3.37. The normalized spacial score (nSPS) is 10.8. The van der Waals surface area contributed by atoms with Crippen LogP contribution < -0.4 is 5.73 Å². The van der Waals surface area contributed by atoms with Gasteiger partial charge in [0.25, 0.3) is 0 Å². The molecule has 0 aliphatic heterocycles. The Kier molecular flexibility index (Phi) is 4.86. The maximum Gasteiger partial charge on any atom is 0.124 e. The number of unbranched alkanes of at least 4 members (excludes halogenated alkanes) is 1. The Hall–Kier alpha value is -0.780. The van der Waals surface area contributed by atoms with Gasteiger partial charge in [-0.25, -0.2) is 9.37 Å². The van der Waals surface area contributed by atoms with Crippen LogP contribution in [0.4, 0.5) is 4.39 Å². The second kappa shape index (κ2) is 6.41. The van der Waals surface area contributed by atoms with Crippen LogP contribution in [0.25, 0.3) is 11.3 Å². The minimum Gasteiger partial charge on any atom is -0.330 e. The highest BCUT2D eigenvalue weighted by Crippen LogP contribution is 2.30. The van der Waals surface area contributed by atoms with Gasteiger partial charge in [-0.1, -0.05) is 0 Å². The molecule has 1 aromatic heterocycles. The summed E-state index contributed by atoms with van der Waals surface area (Å²) >= 11 is 5.01. The second-order valence-electron chi connectivity index (χ2n) is 4.00. The average Bonchev–Trinajstić information content (AvgIpc) is 2.78. The molecule has 2 rings (SSSR count). The Bertz CT molecular complexity index is 527. The van der Waals surface area contributed by atoms with Crippen molar-refractivity contribution in [1.29, 1.82) is 0 Å². The maximum atomic E-state index is 13.0. The monoisotopic (exact) mass is 328 g/mol. The molecular weight excluding hydrogens is 315 g/mol. The Morgan fingerprint density at radius 1 is 1.33 bits per heavy atom. The van der Waals surface area contributed by atoms with E-state index in [0.717, 1.165) is 46.5 Å². The molecule has 0 aliphatic carbocycles. The largest absolute Gasteiger partial charge is 0.330 e. The molecule has 2 nitrogen and oxygen atoms in total. The molecule has 5 heteroatoms. The van der Waals surface area contributed by atoms with Crippen molar-refractivity contribution in [1.82, 2.24) is 4.98 Å². The molecule has 1 heterocycles. The fourth-order valence-corrected chi connectivity index (χ4v) is 3.06. The summed E-state index contributed by atoms with van der Waals surface area (Å²) in [5.74, 6) is -0.246. The highest BCUT2D eigenvalue weighted by molar-refractivity contribution is 9.10. The lowest BCUT2D eigenvalue weighted by Gasteiger charge is -2.00. The van der Waals surface area contributed by atoms with E-state index in [0.29, 0.717) is 0 Å². The van der Waals surface area contributed by atoms with E-state index in [4.69, 9.17) is 5.73 Å². The van der Waals surface area contributed by atoms with Crippen molar-refractivity contribution in [3.8, 4) is 11.3 Å². The van der Waals surface area contributed by atoms with E-state index in [1.165, 1.54) is 12.1 Å². The van der Waals surface area contributed by atoms with E-state index in [9.17, 15) is 4.39 Å². The molecule has 1 aromatic carbocycles. The van der Waals surface area contributed by atoms with Gasteiger partial charge in [-0.15, -0.1) is 11.3 Å². The SMILES string of the molecule is NCCCCc1nc(-c2ccc(F)cc2Br)cs1. The van der Waals surface area contributed by atoms with E-state index in [2.05, 4.69) is 20.9 Å². The molecule has 0 fully saturated rings. The van der Waals surface area contributed by atoms with Crippen LogP contribution in [0.2, 0.25) is 0 Å². The molecule has 0 saturated carbocycles. The van der Waals surface area contributed by atoms with Gasteiger partial charge < -0.3 is 5.73 Å². The summed E-state index contributed by atoms with van der Waals surface area (Å²) in [7, 11) is 0. The lowest BCUT2D eigenvalue weighted by atomic mass is 10.2. The Labute approximate surface area is 118 Å². The lowest BCUT2D eigenvalue weighted by Crippen LogP contribution is -1.98. The highest BCUT2D eigenvalue weighted by Gasteiger charge is 2.08. The topological polar surface area (TPSA) is 38.9 Å². The molecule has 18 heavy (non-hydrogen) atoms. The summed E-state index contributed by atoms with van der Waals surface area (Å²) in [6, 6.07) is 4.66. The molecular formula is C13H14BrFN2S. The molecule has 2 N–H and O–H groups in total. The van der Waals surface area contributed by atoms with Crippen molar-refractivity contribution in [2.24, 2.45) is 5.73 Å². The smallest absolute Gasteiger partial charge is 0.124 e. The number of rotatable bonds is 5. The zero-order valence-electron chi connectivity index (χ0n) is 9.83. The van der Waals surface area contributed by atoms with Crippen LogP contribution in [0.3, 0.4) is 0 Å². The minimum atomic E-state index is -0.246. The quantitative estimate of drug-likeness (QED) is 0.843. The predicted molar refractivity (Wildman–Crippen MR) is 77.2 cm³/mol. The summed E-state index contributed by atoms with van der Waals surface area (Å²) in [5, 5.41) is 3.12. The molecule has 2 aromatic rings. The zero-order valence-corrected chi connectivity index (χ0v) is 12.2. The first-order valence-corrected chi connectivity index (χ1v) is 7.48. The molecule has 0 saturated heterocycles. The molecule has 0 bridgehead atoms. The summed E-state index contributed by atoms with van der Waals surface area (Å²) in [6.45, 7) is 0.724. The number of aryl methyl sites for hydroxylation is 1. The number of nitrogens with zero attached hydrogens (tertiary/aromatic N) is 1. The van der Waals surface area contributed by atoms with Crippen molar-refractivity contribution in [2.75, 3.05) is 6.54 Å². The van der Waals surface area contributed by atoms with Gasteiger partial charge in [-0.2, -0.15) is 0 Å². The fourth-order valence-electron chi connectivity index (χ4n) is 1.67. The third-order valence-electron chi connectivity index (χ3n) is 2.60. The summed E-state index contributed by atoms with van der Waals surface area (Å²) in [4.78, 5) is 4.57. The van der Waals surface area contributed by atoms with Gasteiger partial charge in [0.1, 0.15) is 5.82 Å². The number of benzene rings is 1. The van der Waals surface area contributed by atoms with Crippen LogP contribution in [0.15, 0.2) is 28.1 Å². The van der Waals surface area contributed by atoms with E-state index >= 15 is 0 Å². The first kappa shape index (κ1) is 13.6. The molecule has 0 spiro atoms. The van der Waals surface area contributed by atoms with Crippen molar-refractivity contribution >= 4 is 27.3 Å². The first-order chi connectivity index (χ1) is 8.70. The van der Waals surface area contributed by atoms with Gasteiger partial charge in [0, 0.05) is 15.4 Å². The van der Waals surface area contributed by atoms with Gasteiger partial charge in [0.05, 0.1) is 10.7 Å². The van der Waals surface area contributed by atoms with Crippen molar-refractivity contribution in [3.05, 3.63) is 38.9 Å². The minimum absolute atomic E-state index is 0.246. The highest BCUT2D eigenvalue weighted by atomic mass is 79.9. The van der Waals surface area contributed by atoms with Crippen molar-refractivity contribution in [3.63, 3.8) is 0 Å². The van der Waals surface area contributed by atoms with Crippen LogP contribution in [-0.2, 0) is 6.42 Å². The Balaban J connectivity index is 2.13. The first-order valence-electron chi connectivity index (χ1n) is 5.80. The van der Waals surface area contributed by atoms with Crippen LogP contribution in [0.5, 0.6) is 0 Å². The number of hydrogen-bond acceptors (Lipinski definition) is 3. The van der Waals surface area contributed by atoms with E-state index < -0.39 is 0 Å². The van der Waals surface area contributed by atoms with Gasteiger partial charge in [0.2, 0.25) is 0 Å². The van der Waals surface area contributed by atoms with Crippen molar-refractivity contribution in [2.45, 2.75) is 19.3 Å². The van der Waals surface area contributed by atoms with Crippen LogP contribution >= 0.6 is 27.3 Å². The van der Waals surface area contributed by atoms with Gasteiger partial charge in [-0.3, -0.25) is 0 Å². The molecule has 0 amide bonds. The zero-order chi connectivity index (χ0) is 13.0. The van der Waals surface area contributed by atoms with E-state index in [1.807, 2.05) is 5.38 Å². The average molecular weight is 329 g/mol. The number of nitrogens with two attached hydrogens (primary N) is 1. The van der Waals surface area contributed by atoms with Crippen LogP contribution in [-0.4, -0.2) is 11.5 Å². The number of hydrogen-bond donors (Lipinski definition) is 1. The molecule has 0 aliphatic rings. The maximum absolute atomic E-state index is 13.0. The Morgan fingerprint density at radius 2 is 2.17 bits per heavy atom. The molecule has 0 radical (unpaired) electrons. The summed E-state index contributed by atoms with van der Waals surface area (Å²) < 4.78 is 13.8. The van der Waals surface area contributed by atoms with Crippen LogP contribution in [0, 0.1) is 5.82 Å². The number of aromatic nitrogens is 1. The molecule has 0 atom stereocenters.